The number of likely N-dealkylation sites (tertiary alicyclic amines) is 1. The molecule has 1 aliphatic heterocycles. The Morgan fingerprint density at radius 1 is 1.21 bits per heavy atom. The summed E-state index contributed by atoms with van der Waals surface area (Å²) in [5.74, 6) is 1.92. The van der Waals surface area contributed by atoms with Crippen molar-refractivity contribution in [2.24, 2.45) is 11.8 Å². The normalized spacial score (nSPS) is 21.2. The van der Waals surface area contributed by atoms with Crippen molar-refractivity contribution in [3.63, 3.8) is 0 Å². The average Bonchev–Trinajstić information content (AvgIpc) is 2.52. The van der Waals surface area contributed by atoms with Crippen LogP contribution >= 0.6 is 11.8 Å². The lowest BCUT2D eigenvalue weighted by Crippen LogP contribution is -2.43. The van der Waals surface area contributed by atoms with E-state index < -0.39 is 0 Å². The maximum Gasteiger partial charge on any atom is 0.233 e. The van der Waals surface area contributed by atoms with Crippen molar-refractivity contribution in [3.05, 3.63) is 35.4 Å². The molecule has 3 rings (SSSR count). The van der Waals surface area contributed by atoms with Crippen LogP contribution in [-0.4, -0.2) is 34.6 Å². The molecule has 2 heterocycles. The molecule has 4 heteroatoms. The number of piperidine rings is 1. The molecule has 0 unspecified atom stereocenters. The average molecular weight is 343 g/mol. The molecule has 0 bridgehead atoms. The van der Waals surface area contributed by atoms with Gasteiger partial charge in [0, 0.05) is 18.5 Å². The number of aromatic nitrogens is 1. The van der Waals surface area contributed by atoms with Gasteiger partial charge in [0.05, 0.1) is 16.3 Å². The van der Waals surface area contributed by atoms with Crippen molar-refractivity contribution in [1.29, 1.82) is 0 Å². The Labute approximate surface area is 148 Å². The summed E-state index contributed by atoms with van der Waals surface area (Å²) in [6.45, 7) is 10.5. The number of benzene rings is 1. The first-order valence-corrected chi connectivity index (χ1v) is 9.70. The summed E-state index contributed by atoms with van der Waals surface area (Å²) in [5.41, 5.74) is 3.45. The molecule has 0 saturated carbocycles. The van der Waals surface area contributed by atoms with Gasteiger partial charge in [-0.3, -0.25) is 4.79 Å². The summed E-state index contributed by atoms with van der Waals surface area (Å²) >= 11 is 1.56. The van der Waals surface area contributed by atoms with Crippen molar-refractivity contribution in [2.45, 2.75) is 39.1 Å². The van der Waals surface area contributed by atoms with Crippen molar-refractivity contribution >= 4 is 28.6 Å². The summed E-state index contributed by atoms with van der Waals surface area (Å²) in [4.78, 5) is 19.4. The van der Waals surface area contributed by atoms with Crippen molar-refractivity contribution in [2.75, 3.05) is 18.8 Å². The number of rotatable bonds is 3. The van der Waals surface area contributed by atoms with E-state index in [0.29, 0.717) is 17.6 Å². The van der Waals surface area contributed by atoms with E-state index in [4.69, 9.17) is 4.98 Å². The molecule has 128 valence electrons. The molecule has 0 spiro atoms. The molecule has 1 amide bonds. The Kier molecular flexibility index (Phi) is 5.14. The third kappa shape index (κ3) is 3.75. The maximum absolute atomic E-state index is 12.6. The lowest BCUT2D eigenvalue weighted by atomic mass is 9.92. The highest BCUT2D eigenvalue weighted by Gasteiger charge is 2.25. The predicted octanol–water partition coefficient (Wildman–Crippen LogP) is 4.45. The number of pyridine rings is 1. The summed E-state index contributed by atoms with van der Waals surface area (Å²) < 4.78 is 0. The van der Waals surface area contributed by atoms with Crippen LogP contribution in [-0.2, 0) is 4.79 Å². The smallest absolute Gasteiger partial charge is 0.233 e. The SMILES string of the molecule is Cc1cc(SCC(=O)N2C[C@@H](C)C[C@H](C)C2)nc2c(C)cccc12. The number of aryl methyl sites for hydroxylation is 2. The minimum atomic E-state index is 0.239. The first kappa shape index (κ1) is 17.3. The first-order valence-electron chi connectivity index (χ1n) is 8.71. The van der Waals surface area contributed by atoms with Gasteiger partial charge >= 0.3 is 0 Å². The Balaban J connectivity index is 1.71. The Hall–Kier alpha value is -1.55. The number of para-hydroxylation sites is 1. The first-order chi connectivity index (χ1) is 11.4. The van der Waals surface area contributed by atoms with Gasteiger partial charge < -0.3 is 4.90 Å². The topological polar surface area (TPSA) is 33.2 Å². The van der Waals surface area contributed by atoms with E-state index in [1.165, 1.54) is 22.9 Å². The molecule has 24 heavy (non-hydrogen) atoms. The second-order valence-electron chi connectivity index (χ2n) is 7.28. The fourth-order valence-electron chi connectivity index (χ4n) is 3.70. The van der Waals surface area contributed by atoms with Crippen LogP contribution in [0.3, 0.4) is 0 Å². The minimum absolute atomic E-state index is 0.239. The van der Waals surface area contributed by atoms with Crippen LogP contribution in [0.15, 0.2) is 29.3 Å². The second-order valence-corrected chi connectivity index (χ2v) is 8.28. The van der Waals surface area contributed by atoms with Crippen LogP contribution in [0.25, 0.3) is 10.9 Å². The van der Waals surface area contributed by atoms with E-state index in [9.17, 15) is 4.79 Å². The molecule has 3 nitrogen and oxygen atoms in total. The third-order valence-electron chi connectivity index (χ3n) is 4.79. The second kappa shape index (κ2) is 7.14. The zero-order valence-electron chi connectivity index (χ0n) is 15.0. The molecule has 1 aromatic carbocycles. The molecule has 0 N–H and O–H groups in total. The van der Waals surface area contributed by atoms with Gasteiger partial charge in [-0.25, -0.2) is 4.98 Å². The Morgan fingerprint density at radius 2 is 1.92 bits per heavy atom. The van der Waals surface area contributed by atoms with Crippen molar-refractivity contribution in [1.82, 2.24) is 9.88 Å². The lowest BCUT2D eigenvalue weighted by molar-refractivity contribution is -0.130. The van der Waals surface area contributed by atoms with Gasteiger partial charge in [-0.15, -0.1) is 0 Å². The van der Waals surface area contributed by atoms with E-state index >= 15 is 0 Å². The van der Waals surface area contributed by atoms with Gasteiger partial charge in [0.1, 0.15) is 0 Å². The Morgan fingerprint density at radius 3 is 2.62 bits per heavy atom. The number of thioether (sulfide) groups is 1. The van der Waals surface area contributed by atoms with Crippen molar-refractivity contribution in [3.8, 4) is 0 Å². The predicted molar refractivity (Wildman–Crippen MR) is 101 cm³/mol. The van der Waals surface area contributed by atoms with Crippen LogP contribution in [0.5, 0.6) is 0 Å². The molecule has 1 fully saturated rings. The van der Waals surface area contributed by atoms with E-state index in [-0.39, 0.29) is 5.91 Å². The van der Waals surface area contributed by atoms with Crippen LogP contribution in [0, 0.1) is 25.7 Å². The highest BCUT2D eigenvalue weighted by Crippen LogP contribution is 2.27. The molecule has 2 aromatic rings. The monoisotopic (exact) mass is 342 g/mol. The van der Waals surface area contributed by atoms with Crippen LogP contribution < -0.4 is 0 Å². The number of amides is 1. The number of hydrogen-bond acceptors (Lipinski definition) is 3. The van der Waals surface area contributed by atoms with E-state index in [2.05, 4.69) is 52.0 Å². The van der Waals surface area contributed by atoms with Gasteiger partial charge in [0.2, 0.25) is 5.91 Å². The van der Waals surface area contributed by atoms with E-state index in [1.54, 1.807) is 11.8 Å². The van der Waals surface area contributed by atoms with Crippen molar-refractivity contribution < 1.29 is 4.79 Å². The summed E-state index contributed by atoms with van der Waals surface area (Å²) in [5, 5.41) is 2.14. The molecular weight excluding hydrogens is 316 g/mol. The number of nitrogens with zero attached hydrogens (tertiary/aromatic N) is 2. The molecule has 1 aliphatic rings. The van der Waals surface area contributed by atoms with Gasteiger partial charge in [-0.05, 0) is 49.3 Å². The molecule has 1 aromatic heterocycles. The molecule has 0 aliphatic carbocycles. The number of fused-ring (bicyclic) bond motifs is 1. The van der Waals surface area contributed by atoms with Gasteiger partial charge in [-0.2, -0.15) is 0 Å². The largest absolute Gasteiger partial charge is 0.341 e. The van der Waals surface area contributed by atoms with E-state index in [1.807, 2.05) is 4.90 Å². The van der Waals surface area contributed by atoms with E-state index in [0.717, 1.165) is 23.6 Å². The quantitative estimate of drug-likeness (QED) is 0.773. The summed E-state index contributed by atoms with van der Waals surface area (Å²) in [6, 6.07) is 8.37. The third-order valence-corrected chi connectivity index (χ3v) is 5.69. The van der Waals surface area contributed by atoms with Gasteiger partial charge in [0.15, 0.2) is 0 Å². The highest BCUT2D eigenvalue weighted by atomic mass is 32.2. The zero-order valence-corrected chi connectivity index (χ0v) is 15.8. The molecule has 0 radical (unpaired) electrons. The number of carbonyl (C=O) groups is 1. The van der Waals surface area contributed by atoms with Crippen LogP contribution in [0.2, 0.25) is 0 Å². The maximum atomic E-state index is 12.6. The summed E-state index contributed by atoms with van der Waals surface area (Å²) in [6.07, 6.45) is 1.22. The van der Waals surface area contributed by atoms with Crippen LogP contribution in [0.1, 0.15) is 31.4 Å². The fraction of sp³-hybridized carbons (Fsp3) is 0.500. The number of hydrogen-bond donors (Lipinski definition) is 0. The molecule has 2 atom stereocenters. The van der Waals surface area contributed by atoms with Gasteiger partial charge in [-0.1, -0.05) is 43.8 Å². The zero-order chi connectivity index (χ0) is 17.3. The Bertz CT molecular complexity index is 749. The summed E-state index contributed by atoms with van der Waals surface area (Å²) in [7, 11) is 0. The standard InChI is InChI=1S/C20H26N2OS/c1-13-8-14(2)11-22(10-13)19(23)12-24-18-9-16(4)17-7-5-6-15(3)20(17)21-18/h5-7,9,13-14H,8,10-12H2,1-4H3/t13-,14-/m0/s1. The van der Waals surface area contributed by atoms with Gasteiger partial charge in [0.25, 0.3) is 0 Å². The van der Waals surface area contributed by atoms with Crippen LogP contribution in [0.4, 0.5) is 0 Å². The minimum Gasteiger partial charge on any atom is -0.341 e. The molecular formula is C20H26N2OS. The molecule has 1 saturated heterocycles. The number of carbonyl (C=O) groups excluding carboxylic acids is 1. The fourth-order valence-corrected chi connectivity index (χ4v) is 4.57. The highest BCUT2D eigenvalue weighted by molar-refractivity contribution is 7.99. The lowest BCUT2D eigenvalue weighted by Gasteiger charge is -2.35.